The largest absolute Gasteiger partial charge is 0.368 e. The minimum atomic E-state index is -0.438. The summed E-state index contributed by atoms with van der Waals surface area (Å²) >= 11 is 0. The molecule has 0 amide bonds. The first-order valence-electron chi connectivity index (χ1n) is 6.58. The Balaban J connectivity index is 2.10. The molecule has 0 atom stereocenters. The van der Waals surface area contributed by atoms with Gasteiger partial charge in [0.15, 0.2) is 0 Å². The number of anilines is 1. The molecule has 0 radical (unpaired) electrons. The Labute approximate surface area is 126 Å². The van der Waals surface area contributed by atoms with Gasteiger partial charge in [0.05, 0.1) is 16.3 Å². The molecule has 22 heavy (non-hydrogen) atoms. The van der Waals surface area contributed by atoms with Crippen LogP contribution in [0.3, 0.4) is 0 Å². The molecule has 0 unspecified atom stereocenters. The van der Waals surface area contributed by atoms with Gasteiger partial charge in [0.1, 0.15) is 0 Å². The summed E-state index contributed by atoms with van der Waals surface area (Å²) in [5.74, 6) is 0.128. The van der Waals surface area contributed by atoms with Crippen molar-refractivity contribution >= 4 is 11.6 Å². The normalized spacial score (nSPS) is 10.4. The molecular weight excluding hydrogens is 280 g/mol. The van der Waals surface area contributed by atoms with E-state index in [1.54, 1.807) is 18.2 Å². The molecule has 0 spiro atoms. The maximum absolute atomic E-state index is 10.9. The number of nitrogen functional groups attached to an aromatic ring is 1. The van der Waals surface area contributed by atoms with E-state index >= 15 is 0 Å². The smallest absolute Gasteiger partial charge is 0.270 e. The van der Waals surface area contributed by atoms with E-state index in [1.807, 2.05) is 30.3 Å². The maximum Gasteiger partial charge on any atom is 0.270 e. The fourth-order valence-electron chi connectivity index (χ4n) is 2.15. The van der Waals surface area contributed by atoms with Crippen LogP contribution in [-0.4, -0.2) is 14.9 Å². The lowest BCUT2D eigenvalue weighted by molar-refractivity contribution is -0.384. The molecule has 0 aliphatic carbocycles. The van der Waals surface area contributed by atoms with Gasteiger partial charge in [0.2, 0.25) is 5.95 Å². The number of hydrogen-bond donors (Lipinski definition) is 1. The van der Waals surface area contributed by atoms with E-state index in [4.69, 9.17) is 5.73 Å². The van der Waals surface area contributed by atoms with Crippen molar-refractivity contribution in [1.82, 2.24) is 9.97 Å². The number of nitrogens with zero attached hydrogens (tertiary/aromatic N) is 3. The van der Waals surface area contributed by atoms with E-state index in [0.29, 0.717) is 17.0 Å². The molecule has 0 saturated heterocycles. The highest BCUT2D eigenvalue weighted by atomic mass is 16.6. The minimum Gasteiger partial charge on any atom is -0.368 e. The Morgan fingerprint density at radius 1 is 0.864 bits per heavy atom. The minimum absolute atomic E-state index is 0.0101. The van der Waals surface area contributed by atoms with Crippen LogP contribution in [0.4, 0.5) is 11.6 Å². The van der Waals surface area contributed by atoms with Crippen molar-refractivity contribution in [2.45, 2.75) is 0 Å². The molecule has 0 bridgehead atoms. The topological polar surface area (TPSA) is 94.9 Å². The number of aromatic nitrogens is 2. The van der Waals surface area contributed by atoms with Crippen LogP contribution in [0.15, 0.2) is 60.7 Å². The molecule has 1 heterocycles. The van der Waals surface area contributed by atoms with E-state index in [1.165, 1.54) is 12.1 Å². The first kappa shape index (κ1) is 13.7. The lowest BCUT2D eigenvalue weighted by Gasteiger charge is -2.06. The summed E-state index contributed by atoms with van der Waals surface area (Å²) in [6.45, 7) is 0. The Morgan fingerprint density at radius 2 is 1.50 bits per heavy atom. The second-order valence-corrected chi connectivity index (χ2v) is 4.67. The molecule has 2 aromatic carbocycles. The second-order valence-electron chi connectivity index (χ2n) is 4.67. The van der Waals surface area contributed by atoms with Crippen molar-refractivity contribution in [3.63, 3.8) is 0 Å². The molecule has 3 rings (SSSR count). The van der Waals surface area contributed by atoms with E-state index in [0.717, 1.165) is 5.56 Å². The summed E-state index contributed by atoms with van der Waals surface area (Å²) in [6.07, 6.45) is 0. The van der Waals surface area contributed by atoms with Gasteiger partial charge >= 0.3 is 0 Å². The number of hydrogen-bond acceptors (Lipinski definition) is 5. The van der Waals surface area contributed by atoms with Crippen molar-refractivity contribution in [2.75, 3.05) is 5.73 Å². The molecule has 3 aromatic rings. The zero-order valence-corrected chi connectivity index (χ0v) is 11.5. The van der Waals surface area contributed by atoms with E-state index in [-0.39, 0.29) is 11.6 Å². The summed E-state index contributed by atoms with van der Waals surface area (Å²) in [5.41, 5.74) is 8.54. The third-order valence-corrected chi connectivity index (χ3v) is 3.17. The summed E-state index contributed by atoms with van der Waals surface area (Å²) in [7, 11) is 0. The highest BCUT2D eigenvalue weighted by molar-refractivity contribution is 5.70. The van der Waals surface area contributed by atoms with Crippen LogP contribution in [0.25, 0.3) is 22.5 Å². The molecule has 6 heteroatoms. The predicted molar refractivity (Wildman–Crippen MR) is 84.0 cm³/mol. The van der Waals surface area contributed by atoms with Crippen LogP contribution in [-0.2, 0) is 0 Å². The number of nitro groups is 1. The van der Waals surface area contributed by atoms with Crippen molar-refractivity contribution < 1.29 is 4.92 Å². The van der Waals surface area contributed by atoms with E-state index < -0.39 is 4.92 Å². The standard InChI is InChI=1S/C16H12N4O2/c17-16-18-14(11-5-2-1-3-6-11)10-15(19-16)12-7-4-8-13(9-12)20(21)22/h1-10H,(H2,17,18,19). The lowest BCUT2D eigenvalue weighted by atomic mass is 10.1. The monoisotopic (exact) mass is 292 g/mol. The second kappa shape index (κ2) is 5.61. The van der Waals surface area contributed by atoms with Crippen molar-refractivity contribution in [3.05, 3.63) is 70.8 Å². The van der Waals surface area contributed by atoms with Gasteiger partial charge < -0.3 is 5.73 Å². The summed E-state index contributed by atoms with van der Waals surface area (Å²) < 4.78 is 0. The van der Waals surface area contributed by atoms with Crippen molar-refractivity contribution in [3.8, 4) is 22.5 Å². The van der Waals surface area contributed by atoms with Gasteiger partial charge in [-0.15, -0.1) is 0 Å². The first-order valence-corrected chi connectivity index (χ1v) is 6.58. The SMILES string of the molecule is Nc1nc(-c2ccccc2)cc(-c2cccc([N+](=O)[O-])c2)n1. The summed E-state index contributed by atoms with van der Waals surface area (Å²) in [5, 5.41) is 10.9. The molecule has 0 saturated carbocycles. The predicted octanol–water partition coefficient (Wildman–Crippen LogP) is 3.30. The van der Waals surface area contributed by atoms with Crippen LogP contribution >= 0.6 is 0 Å². The number of non-ortho nitro benzene ring substituents is 1. The summed E-state index contributed by atoms with van der Waals surface area (Å²) in [4.78, 5) is 18.8. The number of nitro benzene ring substituents is 1. The van der Waals surface area contributed by atoms with Gasteiger partial charge in [0, 0.05) is 23.3 Å². The van der Waals surface area contributed by atoms with Crippen LogP contribution in [0, 0.1) is 10.1 Å². The quantitative estimate of drug-likeness (QED) is 0.590. The van der Waals surface area contributed by atoms with Crippen LogP contribution in [0.1, 0.15) is 0 Å². The van der Waals surface area contributed by atoms with Crippen LogP contribution in [0.2, 0.25) is 0 Å². The number of nitrogens with two attached hydrogens (primary N) is 1. The van der Waals surface area contributed by atoms with Gasteiger partial charge in [-0.05, 0) is 6.07 Å². The lowest BCUT2D eigenvalue weighted by Crippen LogP contribution is -1.99. The molecule has 0 aliphatic heterocycles. The molecule has 6 nitrogen and oxygen atoms in total. The van der Waals surface area contributed by atoms with Gasteiger partial charge in [-0.2, -0.15) is 0 Å². The Kier molecular flexibility index (Phi) is 3.49. The molecule has 108 valence electrons. The molecular formula is C16H12N4O2. The molecule has 2 N–H and O–H groups in total. The highest BCUT2D eigenvalue weighted by Gasteiger charge is 2.10. The molecule has 0 aliphatic rings. The zero-order chi connectivity index (χ0) is 15.5. The van der Waals surface area contributed by atoms with Crippen LogP contribution in [0.5, 0.6) is 0 Å². The van der Waals surface area contributed by atoms with Crippen LogP contribution < -0.4 is 5.73 Å². The van der Waals surface area contributed by atoms with Gasteiger partial charge in [-0.1, -0.05) is 42.5 Å². The van der Waals surface area contributed by atoms with Gasteiger partial charge in [0.25, 0.3) is 5.69 Å². The van der Waals surface area contributed by atoms with Crippen molar-refractivity contribution in [2.24, 2.45) is 0 Å². The fraction of sp³-hybridized carbons (Fsp3) is 0. The molecule has 0 fully saturated rings. The Hall–Kier alpha value is -3.28. The Bertz CT molecular complexity index is 835. The third kappa shape index (κ3) is 2.76. The third-order valence-electron chi connectivity index (χ3n) is 3.17. The first-order chi connectivity index (χ1) is 10.6. The van der Waals surface area contributed by atoms with Crippen molar-refractivity contribution in [1.29, 1.82) is 0 Å². The van der Waals surface area contributed by atoms with E-state index in [9.17, 15) is 10.1 Å². The zero-order valence-electron chi connectivity index (χ0n) is 11.5. The Morgan fingerprint density at radius 3 is 2.18 bits per heavy atom. The number of rotatable bonds is 3. The summed E-state index contributed by atoms with van der Waals surface area (Å²) in [6, 6.07) is 17.6. The molecule has 1 aromatic heterocycles. The highest BCUT2D eigenvalue weighted by Crippen LogP contribution is 2.26. The average molecular weight is 292 g/mol. The van der Waals surface area contributed by atoms with E-state index in [2.05, 4.69) is 9.97 Å². The maximum atomic E-state index is 10.9. The van der Waals surface area contributed by atoms with Gasteiger partial charge in [-0.25, -0.2) is 9.97 Å². The fourth-order valence-corrected chi connectivity index (χ4v) is 2.15. The van der Waals surface area contributed by atoms with Gasteiger partial charge in [-0.3, -0.25) is 10.1 Å². The average Bonchev–Trinajstić information content (AvgIpc) is 2.55. The number of benzene rings is 2.